The first-order chi connectivity index (χ1) is 11.3. The molecule has 0 bridgehead atoms. The Hall–Kier alpha value is -2.39. The zero-order valence-corrected chi connectivity index (χ0v) is 11.9. The molecule has 2 rings (SSSR count). The molecule has 0 saturated heterocycles. The second kappa shape index (κ2) is 6.16. The Morgan fingerprint density at radius 1 is 0.600 bits per heavy atom. The topological polar surface area (TPSA) is 9.23 Å². The molecule has 10 heteroatoms. The van der Waals surface area contributed by atoms with Crippen molar-refractivity contribution in [1.29, 1.82) is 0 Å². The Balaban J connectivity index is 2.61. The largest absolute Gasteiger partial charge is 0.573 e. The molecule has 0 saturated carbocycles. The minimum Gasteiger partial charge on any atom is -0.406 e. The van der Waals surface area contributed by atoms with Crippen molar-refractivity contribution in [2.75, 3.05) is 0 Å². The van der Waals surface area contributed by atoms with Crippen LogP contribution in [0.3, 0.4) is 0 Å². The van der Waals surface area contributed by atoms with E-state index in [1.165, 1.54) is 0 Å². The summed E-state index contributed by atoms with van der Waals surface area (Å²) in [6, 6.07) is 4.19. The molecule has 0 N–H and O–H groups in total. The summed E-state index contributed by atoms with van der Waals surface area (Å²) in [7, 11) is 0. The van der Waals surface area contributed by atoms with Gasteiger partial charge >= 0.3 is 18.7 Å². The lowest BCUT2D eigenvalue weighted by Gasteiger charge is -2.19. The number of hydrogen-bond acceptors (Lipinski definition) is 1. The summed E-state index contributed by atoms with van der Waals surface area (Å²) in [5.41, 5.74) is -4.81. The molecule has 0 atom stereocenters. The van der Waals surface area contributed by atoms with Gasteiger partial charge in [0.2, 0.25) is 0 Å². The van der Waals surface area contributed by atoms with Gasteiger partial charge in [-0.15, -0.1) is 13.2 Å². The van der Waals surface area contributed by atoms with Crippen molar-refractivity contribution in [3.05, 3.63) is 53.6 Å². The quantitative estimate of drug-likeness (QED) is 0.562. The van der Waals surface area contributed by atoms with E-state index in [0.717, 1.165) is 0 Å². The first-order valence-electron chi connectivity index (χ1n) is 6.42. The molecular weight excluding hydrogens is 367 g/mol. The minimum absolute atomic E-state index is 0.463. The fourth-order valence-electron chi connectivity index (χ4n) is 2.16. The zero-order chi connectivity index (χ0) is 19.0. The maximum atomic E-state index is 13.1. The molecule has 136 valence electrons. The highest BCUT2D eigenvalue weighted by Crippen LogP contribution is 2.44. The van der Waals surface area contributed by atoms with Gasteiger partial charge in [-0.2, -0.15) is 26.3 Å². The summed E-state index contributed by atoms with van der Waals surface area (Å²) in [4.78, 5) is 0. The average molecular weight is 374 g/mol. The minimum atomic E-state index is -5.09. The second-order valence-electron chi connectivity index (χ2n) is 4.80. The highest BCUT2D eigenvalue weighted by Gasteiger charge is 2.41. The molecule has 0 amide bonds. The molecule has 0 unspecified atom stereocenters. The number of hydrogen-bond donors (Lipinski definition) is 0. The van der Waals surface area contributed by atoms with Gasteiger partial charge in [-0.3, -0.25) is 0 Å². The van der Waals surface area contributed by atoms with E-state index in [-0.39, 0.29) is 0 Å². The Kier molecular flexibility index (Phi) is 4.67. The molecule has 0 radical (unpaired) electrons. The van der Waals surface area contributed by atoms with Crippen molar-refractivity contribution in [2.45, 2.75) is 18.7 Å². The lowest BCUT2D eigenvalue weighted by atomic mass is 9.93. The first kappa shape index (κ1) is 18.9. The molecule has 2 aromatic rings. The van der Waals surface area contributed by atoms with Gasteiger partial charge in [-0.1, -0.05) is 18.2 Å². The zero-order valence-electron chi connectivity index (χ0n) is 11.9. The Bertz CT molecular complexity index is 707. The number of alkyl halides is 9. The van der Waals surface area contributed by atoms with Crippen LogP contribution in [0.1, 0.15) is 11.1 Å². The van der Waals surface area contributed by atoms with Crippen LogP contribution in [0.15, 0.2) is 42.5 Å². The molecule has 1 nitrogen and oxygen atoms in total. The fraction of sp³-hybridized carbons (Fsp3) is 0.200. The molecule has 0 aliphatic rings. The molecule has 0 heterocycles. The molecule has 0 aromatic heterocycles. The Morgan fingerprint density at radius 3 is 1.40 bits per heavy atom. The van der Waals surface area contributed by atoms with Crippen LogP contribution in [0.2, 0.25) is 0 Å². The van der Waals surface area contributed by atoms with Crippen LogP contribution >= 0.6 is 0 Å². The maximum absolute atomic E-state index is 13.1. The monoisotopic (exact) mass is 374 g/mol. The van der Waals surface area contributed by atoms with Crippen LogP contribution in [0.4, 0.5) is 39.5 Å². The summed E-state index contributed by atoms with van der Waals surface area (Å²) in [5.74, 6) is -0.769. The Morgan fingerprint density at radius 2 is 1.04 bits per heavy atom. The Labute approximate surface area is 134 Å². The van der Waals surface area contributed by atoms with E-state index in [0.29, 0.717) is 42.5 Å². The van der Waals surface area contributed by atoms with E-state index in [1.807, 2.05) is 0 Å². The summed E-state index contributed by atoms with van der Waals surface area (Å²) in [6.45, 7) is 0. The van der Waals surface area contributed by atoms with Crippen molar-refractivity contribution in [2.24, 2.45) is 0 Å². The normalized spacial score (nSPS) is 13.0. The van der Waals surface area contributed by atoms with E-state index in [1.54, 1.807) is 0 Å². The molecule has 25 heavy (non-hydrogen) atoms. The highest BCUT2D eigenvalue weighted by molar-refractivity contribution is 5.73. The van der Waals surface area contributed by atoms with E-state index in [2.05, 4.69) is 4.74 Å². The van der Waals surface area contributed by atoms with Gasteiger partial charge in [0.1, 0.15) is 5.75 Å². The van der Waals surface area contributed by atoms with E-state index >= 15 is 0 Å². The van der Waals surface area contributed by atoms with Gasteiger partial charge < -0.3 is 4.74 Å². The standard InChI is InChI=1S/C15H7F9O/c16-13(17,18)10-2-1-3-11(14(19,20)21)12(10)8-4-6-9(7-5-8)25-15(22,23)24/h1-7H. The van der Waals surface area contributed by atoms with Crippen LogP contribution in [0.5, 0.6) is 5.75 Å². The fourth-order valence-corrected chi connectivity index (χ4v) is 2.16. The van der Waals surface area contributed by atoms with Crippen molar-refractivity contribution in [1.82, 2.24) is 0 Å². The molecule has 0 fully saturated rings. The third-order valence-corrected chi connectivity index (χ3v) is 3.05. The molecule has 0 aliphatic heterocycles. The summed E-state index contributed by atoms with van der Waals surface area (Å²) < 4.78 is 118. The number of benzene rings is 2. The first-order valence-corrected chi connectivity index (χ1v) is 6.42. The molecular formula is C15H7F9O. The second-order valence-corrected chi connectivity index (χ2v) is 4.80. The van der Waals surface area contributed by atoms with Gasteiger partial charge in [-0.05, 0) is 29.8 Å². The molecule has 0 aliphatic carbocycles. The van der Waals surface area contributed by atoms with Crippen molar-refractivity contribution < 1.29 is 44.3 Å². The van der Waals surface area contributed by atoms with Gasteiger partial charge in [0.15, 0.2) is 0 Å². The average Bonchev–Trinajstić information content (AvgIpc) is 2.44. The number of ether oxygens (including phenoxy) is 1. The van der Waals surface area contributed by atoms with Crippen LogP contribution < -0.4 is 4.74 Å². The van der Waals surface area contributed by atoms with E-state index in [9.17, 15) is 39.5 Å². The summed E-state index contributed by atoms with van der Waals surface area (Å²) in [6.07, 6.45) is -15.2. The SMILES string of the molecule is FC(F)(F)Oc1ccc(-c2c(C(F)(F)F)cccc2C(F)(F)F)cc1. The van der Waals surface area contributed by atoms with Crippen LogP contribution in [0, 0.1) is 0 Å². The van der Waals surface area contributed by atoms with Crippen LogP contribution in [0.25, 0.3) is 11.1 Å². The van der Waals surface area contributed by atoms with Crippen LogP contribution in [-0.2, 0) is 12.4 Å². The maximum Gasteiger partial charge on any atom is 0.573 e. The number of halogens is 9. The van der Waals surface area contributed by atoms with Crippen molar-refractivity contribution >= 4 is 0 Å². The smallest absolute Gasteiger partial charge is 0.406 e. The van der Waals surface area contributed by atoms with Gasteiger partial charge in [0, 0.05) is 5.56 Å². The number of rotatable bonds is 2. The molecule has 2 aromatic carbocycles. The lowest BCUT2D eigenvalue weighted by molar-refractivity contribution is -0.274. The predicted octanol–water partition coefficient (Wildman–Crippen LogP) is 6.29. The van der Waals surface area contributed by atoms with Crippen molar-refractivity contribution in [3.8, 4) is 16.9 Å². The van der Waals surface area contributed by atoms with Gasteiger partial charge in [0.25, 0.3) is 0 Å². The van der Waals surface area contributed by atoms with Crippen LogP contribution in [-0.4, -0.2) is 6.36 Å². The lowest BCUT2D eigenvalue weighted by Crippen LogP contribution is -2.17. The van der Waals surface area contributed by atoms with Crippen molar-refractivity contribution in [3.63, 3.8) is 0 Å². The highest BCUT2D eigenvalue weighted by atomic mass is 19.4. The third-order valence-electron chi connectivity index (χ3n) is 3.05. The molecule has 0 spiro atoms. The van der Waals surface area contributed by atoms with E-state index < -0.39 is 46.7 Å². The van der Waals surface area contributed by atoms with E-state index in [4.69, 9.17) is 0 Å². The summed E-state index contributed by atoms with van der Waals surface area (Å²) in [5, 5.41) is 0. The van der Waals surface area contributed by atoms with Gasteiger partial charge in [-0.25, -0.2) is 0 Å². The third kappa shape index (κ3) is 4.58. The predicted molar refractivity (Wildman–Crippen MR) is 68.6 cm³/mol. The van der Waals surface area contributed by atoms with Gasteiger partial charge in [0.05, 0.1) is 11.1 Å². The summed E-state index contributed by atoms with van der Waals surface area (Å²) >= 11 is 0.